The zero-order chi connectivity index (χ0) is 37.9. The molecule has 11 rings (SSSR count). The van der Waals surface area contributed by atoms with Crippen molar-refractivity contribution in [2.75, 3.05) is 0 Å². The van der Waals surface area contributed by atoms with Gasteiger partial charge in [0.2, 0.25) is 0 Å². The summed E-state index contributed by atoms with van der Waals surface area (Å²) in [6, 6.07) is 61.8. The summed E-state index contributed by atoms with van der Waals surface area (Å²) in [5.41, 5.74) is 6.73. The van der Waals surface area contributed by atoms with Crippen LogP contribution in [0.15, 0.2) is 195 Å². The Morgan fingerprint density at radius 3 is 2.05 bits per heavy atom. The number of furan rings is 1. The highest BCUT2D eigenvalue weighted by molar-refractivity contribution is 7.26. The van der Waals surface area contributed by atoms with Gasteiger partial charge in [-0.3, -0.25) is 4.99 Å². The molecule has 0 unspecified atom stereocenters. The number of hydrogen-bond donors (Lipinski definition) is 0. The molecule has 4 nitrogen and oxygen atoms in total. The summed E-state index contributed by atoms with van der Waals surface area (Å²) in [5.74, 6) is 1.08. The van der Waals surface area contributed by atoms with Crippen LogP contribution in [-0.2, 0) is 6.54 Å². The van der Waals surface area contributed by atoms with Gasteiger partial charge in [-0.1, -0.05) is 140 Å². The Bertz CT molecular complexity index is 3460. The number of rotatable bonds is 5. The summed E-state index contributed by atoms with van der Waals surface area (Å²) in [7, 11) is 0. The fourth-order valence-corrected chi connectivity index (χ4v) is 9.62. The summed E-state index contributed by atoms with van der Waals surface area (Å²) in [6.07, 6.45) is 0. The van der Waals surface area contributed by atoms with Gasteiger partial charge in [0.25, 0.3) is 0 Å². The van der Waals surface area contributed by atoms with Crippen molar-refractivity contribution in [2.24, 2.45) is 15.0 Å². The molecule has 0 aliphatic carbocycles. The molecule has 0 saturated heterocycles. The van der Waals surface area contributed by atoms with Gasteiger partial charge in [-0.05, 0) is 92.1 Å². The number of nitrogens with zero attached hydrogens (tertiary/aromatic N) is 3. The molecule has 5 heteroatoms. The molecule has 0 spiro atoms. The maximum absolute atomic E-state index is 6.65. The second-order valence-electron chi connectivity index (χ2n) is 14.3. The van der Waals surface area contributed by atoms with E-state index >= 15 is 0 Å². The normalized spacial score (nSPS) is 12.6. The van der Waals surface area contributed by atoms with Crippen LogP contribution in [0.5, 0.6) is 0 Å². The number of aliphatic imine (C=N–C) groups is 3. The van der Waals surface area contributed by atoms with E-state index in [1.807, 2.05) is 41.7 Å². The minimum absolute atomic E-state index is 0.467. The molecule has 0 fully saturated rings. The highest BCUT2D eigenvalue weighted by Crippen LogP contribution is 2.44. The van der Waals surface area contributed by atoms with E-state index in [0.29, 0.717) is 18.2 Å². The molecule has 0 atom stereocenters. The first-order chi connectivity index (χ1) is 28.2. The van der Waals surface area contributed by atoms with Gasteiger partial charge in [-0.25, -0.2) is 9.98 Å². The third kappa shape index (κ3) is 5.55. The Kier molecular flexibility index (Phi) is 7.86. The van der Waals surface area contributed by atoms with Gasteiger partial charge in [0.1, 0.15) is 11.2 Å². The van der Waals surface area contributed by atoms with Gasteiger partial charge in [-0.15, -0.1) is 11.3 Å². The SMILES string of the molecule is C=N/C(=N\C(=N/Cc1ccccc1)c1cc2ccccc2c2ccccc12)c1cccc2oc3cc(-c4cc5sc6ccccc6c5c5ccccc45)ccc3c12. The van der Waals surface area contributed by atoms with Gasteiger partial charge < -0.3 is 4.42 Å². The first-order valence-electron chi connectivity index (χ1n) is 19.1. The van der Waals surface area contributed by atoms with Crippen molar-refractivity contribution in [1.29, 1.82) is 0 Å². The summed E-state index contributed by atoms with van der Waals surface area (Å²) < 4.78 is 9.23. The summed E-state index contributed by atoms with van der Waals surface area (Å²) >= 11 is 1.84. The number of benzene rings is 9. The highest BCUT2D eigenvalue weighted by atomic mass is 32.1. The largest absolute Gasteiger partial charge is 0.456 e. The van der Waals surface area contributed by atoms with E-state index in [2.05, 4.69) is 157 Å². The third-order valence-corrected chi connectivity index (χ3v) is 12.2. The van der Waals surface area contributed by atoms with E-state index in [0.717, 1.165) is 60.4 Å². The second kappa shape index (κ2) is 13.5. The Morgan fingerprint density at radius 1 is 0.491 bits per heavy atom. The minimum Gasteiger partial charge on any atom is -0.456 e. The fraction of sp³-hybridized carbons (Fsp3) is 0.0192. The molecule has 0 aliphatic rings. The summed E-state index contributed by atoms with van der Waals surface area (Å²) in [5, 5.41) is 11.6. The number of thiophene rings is 1. The Morgan fingerprint density at radius 2 is 1.21 bits per heavy atom. The maximum Gasteiger partial charge on any atom is 0.161 e. The molecule has 0 aliphatic heterocycles. The second-order valence-corrected chi connectivity index (χ2v) is 15.4. The van der Waals surface area contributed by atoms with Crippen LogP contribution >= 0.6 is 11.3 Å². The zero-order valence-corrected chi connectivity index (χ0v) is 31.6. The molecule has 268 valence electrons. The number of fused-ring (bicyclic) bond motifs is 11. The van der Waals surface area contributed by atoms with Crippen LogP contribution in [0.2, 0.25) is 0 Å². The Balaban J connectivity index is 1.08. The molecule has 11 aromatic rings. The average molecular weight is 748 g/mol. The van der Waals surface area contributed by atoms with E-state index < -0.39 is 0 Å². The van der Waals surface area contributed by atoms with Crippen LogP contribution in [0.4, 0.5) is 0 Å². The van der Waals surface area contributed by atoms with Gasteiger partial charge in [0.15, 0.2) is 11.7 Å². The molecule has 0 bridgehead atoms. The van der Waals surface area contributed by atoms with Crippen LogP contribution in [0.3, 0.4) is 0 Å². The lowest BCUT2D eigenvalue weighted by molar-refractivity contribution is 0.669. The minimum atomic E-state index is 0.467. The van der Waals surface area contributed by atoms with Crippen molar-refractivity contribution in [3.8, 4) is 11.1 Å². The monoisotopic (exact) mass is 747 g/mol. The molecule has 57 heavy (non-hydrogen) atoms. The lowest BCUT2D eigenvalue weighted by atomic mass is 9.94. The van der Waals surface area contributed by atoms with E-state index in [1.165, 1.54) is 41.9 Å². The van der Waals surface area contributed by atoms with E-state index in [-0.39, 0.29) is 0 Å². The van der Waals surface area contributed by atoms with Crippen molar-refractivity contribution < 1.29 is 4.42 Å². The lowest BCUT2D eigenvalue weighted by Gasteiger charge is -2.12. The quantitative estimate of drug-likeness (QED) is 0.0982. The highest BCUT2D eigenvalue weighted by Gasteiger charge is 2.19. The number of amidine groups is 2. The molecular formula is C52H33N3OS. The number of hydrogen-bond acceptors (Lipinski definition) is 3. The zero-order valence-electron chi connectivity index (χ0n) is 30.8. The Labute approximate surface area is 332 Å². The van der Waals surface area contributed by atoms with Gasteiger partial charge in [-0.2, -0.15) is 0 Å². The van der Waals surface area contributed by atoms with E-state index in [4.69, 9.17) is 14.4 Å². The lowest BCUT2D eigenvalue weighted by Crippen LogP contribution is -2.07. The summed E-state index contributed by atoms with van der Waals surface area (Å²) in [6.45, 7) is 4.51. The predicted molar refractivity (Wildman–Crippen MR) is 244 cm³/mol. The topological polar surface area (TPSA) is 50.2 Å². The third-order valence-electron chi connectivity index (χ3n) is 11.1. The van der Waals surface area contributed by atoms with Crippen LogP contribution in [-0.4, -0.2) is 18.4 Å². The van der Waals surface area contributed by atoms with Crippen molar-refractivity contribution in [3.63, 3.8) is 0 Å². The van der Waals surface area contributed by atoms with Gasteiger partial charge >= 0.3 is 0 Å². The van der Waals surface area contributed by atoms with Crippen molar-refractivity contribution in [1.82, 2.24) is 0 Å². The first kappa shape index (κ1) is 33.2. The van der Waals surface area contributed by atoms with Gasteiger partial charge in [0.05, 0.1) is 6.54 Å². The molecule has 2 heterocycles. The van der Waals surface area contributed by atoms with E-state index in [9.17, 15) is 0 Å². The smallest absolute Gasteiger partial charge is 0.161 e. The molecule has 9 aromatic carbocycles. The van der Waals surface area contributed by atoms with Crippen LogP contribution < -0.4 is 0 Å². The Hall–Kier alpha value is -7.21. The van der Waals surface area contributed by atoms with Crippen LogP contribution in [0.25, 0.3) is 85.6 Å². The van der Waals surface area contributed by atoms with E-state index in [1.54, 1.807) is 0 Å². The van der Waals surface area contributed by atoms with Crippen molar-refractivity contribution in [3.05, 3.63) is 193 Å². The fourth-order valence-electron chi connectivity index (χ4n) is 8.46. The molecule has 0 radical (unpaired) electrons. The molecule has 2 aromatic heterocycles. The van der Waals surface area contributed by atoms with Gasteiger partial charge in [0, 0.05) is 42.1 Å². The van der Waals surface area contributed by atoms with Crippen LogP contribution in [0, 0.1) is 0 Å². The molecule has 0 saturated carbocycles. The molecule has 0 amide bonds. The van der Waals surface area contributed by atoms with Crippen molar-refractivity contribution in [2.45, 2.75) is 6.54 Å². The summed E-state index contributed by atoms with van der Waals surface area (Å²) in [4.78, 5) is 15.1. The molecular weight excluding hydrogens is 715 g/mol. The average Bonchev–Trinajstić information content (AvgIpc) is 3.85. The first-order valence-corrected chi connectivity index (χ1v) is 19.9. The van der Waals surface area contributed by atoms with Crippen LogP contribution in [0.1, 0.15) is 16.7 Å². The van der Waals surface area contributed by atoms with Crippen molar-refractivity contribution >= 4 is 104 Å². The maximum atomic E-state index is 6.65. The predicted octanol–water partition coefficient (Wildman–Crippen LogP) is 14.2. The standard InChI is InChI=1S/C52H33N3OS/c1-53-51(55-52(54-31-32-14-3-2-4-15-32)44-28-33-16-5-6-17-35(33)36-18-7-8-19-37(36)44)42-23-13-24-45-49(42)40-27-26-34(29-46(40)56-45)43-30-48-50(39-21-10-9-20-38(39)43)41-22-11-12-25-47(41)57-48/h2-30H,1,31H2/b54-52-,55-51-. The molecule has 0 N–H and O–H groups in total.